The molecule has 1 aromatic heterocycles. The van der Waals surface area contributed by atoms with Crippen LogP contribution in [0, 0.1) is 5.92 Å². The Morgan fingerprint density at radius 1 is 1.42 bits per heavy atom. The average Bonchev–Trinajstić information content (AvgIpc) is 2.68. The summed E-state index contributed by atoms with van der Waals surface area (Å²) in [6, 6.07) is 2.90. The first-order valence-electron chi connectivity index (χ1n) is 9.64. The zero-order chi connectivity index (χ0) is 23.3. The normalized spacial score (nSPS) is 19.2. The number of aliphatic hydroxyl groups excluding tert-OH is 1. The van der Waals surface area contributed by atoms with Crippen molar-refractivity contribution in [2.45, 2.75) is 40.3 Å². The summed E-state index contributed by atoms with van der Waals surface area (Å²) in [5, 5.41) is 10.9. The summed E-state index contributed by atoms with van der Waals surface area (Å²) >= 11 is 6.04. The minimum absolute atomic E-state index is 0.0116. The fraction of sp³-hybridized carbons (Fsp3) is 0.429. The van der Waals surface area contributed by atoms with Crippen LogP contribution in [-0.4, -0.2) is 38.6 Å². The Bertz CT molecular complexity index is 1060. The van der Waals surface area contributed by atoms with Crippen molar-refractivity contribution in [3.8, 4) is 5.88 Å². The number of sulfonamides is 1. The van der Waals surface area contributed by atoms with Crippen molar-refractivity contribution in [1.82, 2.24) is 9.71 Å². The highest BCUT2D eigenvalue weighted by Gasteiger charge is 2.28. The summed E-state index contributed by atoms with van der Waals surface area (Å²) in [5.41, 5.74) is 2.07. The summed E-state index contributed by atoms with van der Waals surface area (Å²) in [6.07, 6.45) is 2.57. The SMILES string of the molecule is C/C=C(\C(=NC)OC)S(=O)(=O)NC(O)c1ccc(Cl)nc1OC1=C(C)CC(C)C=C1C. The Balaban J connectivity index is 2.40. The van der Waals surface area contributed by atoms with Gasteiger partial charge in [0.1, 0.15) is 22.0 Å². The van der Waals surface area contributed by atoms with Crippen LogP contribution in [0.25, 0.3) is 0 Å². The highest BCUT2D eigenvalue weighted by Crippen LogP contribution is 2.33. The number of aliphatic hydroxyl groups is 1. The van der Waals surface area contributed by atoms with Gasteiger partial charge in [0, 0.05) is 7.05 Å². The zero-order valence-corrected chi connectivity index (χ0v) is 20.0. The first kappa shape index (κ1) is 25.1. The molecule has 2 atom stereocenters. The third-order valence-corrected chi connectivity index (χ3v) is 6.42. The Hall–Kier alpha value is -2.20. The fourth-order valence-corrected chi connectivity index (χ4v) is 4.83. The molecule has 0 amide bonds. The molecule has 10 heteroatoms. The van der Waals surface area contributed by atoms with Crippen LogP contribution >= 0.6 is 11.6 Å². The average molecular weight is 470 g/mol. The maximum Gasteiger partial charge on any atom is 0.248 e. The second kappa shape index (κ2) is 10.4. The number of hydrogen-bond acceptors (Lipinski definition) is 7. The molecule has 2 rings (SSSR count). The molecule has 0 saturated heterocycles. The lowest BCUT2D eigenvalue weighted by Gasteiger charge is -2.23. The standard InChI is InChI=1S/C21H28ClN3O5S/c1-7-16(21(23-5)29-6)31(27,28)25-19(26)15-8-9-17(22)24-20(15)30-18-13(3)10-12(2)11-14(18)4/h7-10,12,19,25-26H,11H2,1-6H3/b16-7+,23-21?. The summed E-state index contributed by atoms with van der Waals surface area (Å²) < 4.78 is 38.8. The van der Waals surface area contributed by atoms with Crippen LogP contribution in [0.1, 0.15) is 45.9 Å². The minimum Gasteiger partial charge on any atom is -0.480 e. The van der Waals surface area contributed by atoms with Gasteiger partial charge in [-0.3, -0.25) is 4.99 Å². The van der Waals surface area contributed by atoms with E-state index >= 15 is 0 Å². The lowest BCUT2D eigenvalue weighted by atomic mass is 9.91. The van der Waals surface area contributed by atoms with Crippen molar-refractivity contribution in [1.29, 1.82) is 0 Å². The van der Waals surface area contributed by atoms with Gasteiger partial charge in [0.15, 0.2) is 0 Å². The number of halogens is 1. The van der Waals surface area contributed by atoms with E-state index in [1.54, 1.807) is 0 Å². The Morgan fingerprint density at radius 3 is 2.65 bits per heavy atom. The van der Waals surface area contributed by atoms with Gasteiger partial charge in [0.25, 0.3) is 0 Å². The smallest absolute Gasteiger partial charge is 0.248 e. The highest BCUT2D eigenvalue weighted by molar-refractivity contribution is 7.94. The number of methoxy groups -OCH3 is 1. The Labute approximate surface area is 188 Å². The fourth-order valence-electron chi connectivity index (χ4n) is 3.43. The van der Waals surface area contributed by atoms with Crippen molar-refractivity contribution in [2.24, 2.45) is 10.9 Å². The molecule has 0 fully saturated rings. The lowest BCUT2D eigenvalue weighted by molar-refractivity contribution is 0.162. The largest absolute Gasteiger partial charge is 0.480 e. The number of nitrogens with one attached hydrogen (secondary N) is 1. The maximum absolute atomic E-state index is 12.8. The van der Waals surface area contributed by atoms with Gasteiger partial charge in [-0.25, -0.2) is 13.4 Å². The number of rotatable bonds is 7. The molecule has 0 aromatic carbocycles. The third-order valence-electron chi connectivity index (χ3n) is 4.68. The van der Waals surface area contributed by atoms with Crippen LogP contribution in [0.15, 0.2) is 51.1 Å². The number of aliphatic imine (C=N–C) groups is 1. The molecular weight excluding hydrogens is 442 g/mol. The van der Waals surface area contributed by atoms with Gasteiger partial charge in [0.05, 0.1) is 12.7 Å². The molecule has 1 heterocycles. The van der Waals surface area contributed by atoms with E-state index in [1.807, 2.05) is 13.8 Å². The van der Waals surface area contributed by atoms with Gasteiger partial charge >= 0.3 is 0 Å². The zero-order valence-electron chi connectivity index (χ0n) is 18.4. The van der Waals surface area contributed by atoms with Gasteiger partial charge in [0.2, 0.25) is 21.8 Å². The molecule has 1 aliphatic carbocycles. The number of hydrogen-bond donors (Lipinski definition) is 2. The predicted octanol–water partition coefficient (Wildman–Crippen LogP) is 3.86. The van der Waals surface area contributed by atoms with Gasteiger partial charge < -0.3 is 14.6 Å². The number of aromatic nitrogens is 1. The van der Waals surface area contributed by atoms with E-state index in [1.165, 1.54) is 39.3 Å². The summed E-state index contributed by atoms with van der Waals surface area (Å²) in [7, 11) is -1.45. The van der Waals surface area contributed by atoms with Gasteiger partial charge in [-0.1, -0.05) is 30.7 Å². The second-order valence-corrected chi connectivity index (χ2v) is 9.25. The van der Waals surface area contributed by atoms with E-state index in [0.29, 0.717) is 11.7 Å². The van der Waals surface area contributed by atoms with E-state index < -0.39 is 16.3 Å². The predicted molar refractivity (Wildman–Crippen MR) is 121 cm³/mol. The molecule has 1 aromatic rings. The van der Waals surface area contributed by atoms with Crippen molar-refractivity contribution < 1.29 is 23.0 Å². The molecule has 2 unspecified atom stereocenters. The maximum atomic E-state index is 12.8. The molecule has 31 heavy (non-hydrogen) atoms. The summed E-state index contributed by atoms with van der Waals surface area (Å²) in [5.74, 6) is 0.924. The van der Waals surface area contributed by atoms with Crippen molar-refractivity contribution in [3.05, 3.63) is 56.8 Å². The highest BCUT2D eigenvalue weighted by atomic mass is 35.5. The number of allylic oxidation sites excluding steroid dienone is 4. The topological polar surface area (TPSA) is 110 Å². The monoisotopic (exact) mass is 469 g/mol. The van der Waals surface area contributed by atoms with E-state index in [2.05, 4.69) is 27.7 Å². The van der Waals surface area contributed by atoms with Gasteiger partial charge in [-0.05, 0) is 56.4 Å². The number of pyridine rings is 1. The molecule has 2 N–H and O–H groups in total. The molecular formula is C21H28ClN3O5S. The second-order valence-electron chi connectivity index (χ2n) is 7.18. The van der Waals surface area contributed by atoms with Crippen LogP contribution < -0.4 is 9.46 Å². The molecule has 0 radical (unpaired) electrons. The first-order chi connectivity index (χ1) is 14.5. The van der Waals surface area contributed by atoms with Crippen molar-refractivity contribution >= 4 is 27.5 Å². The Morgan fingerprint density at radius 2 is 2.10 bits per heavy atom. The van der Waals surface area contributed by atoms with Crippen LogP contribution in [-0.2, 0) is 14.8 Å². The molecule has 0 aliphatic heterocycles. The molecule has 0 bridgehead atoms. The van der Waals surface area contributed by atoms with Crippen molar-refractivity contribution in [3.63, 3.8) is 0 Å². The molecule has 0 saturated carbocycles. The van der Waals surface area contributed by atoms with Crippen LogP contribution in [0.2, 0.25) is 5.15 Å². The van der Waals surface area contributed by atoms with Gasteiger partial charge in [-0.2, -0.15) is 4.72 Å². The molecule has 1 aliphatic rings. The summed E-state index contributed by atoms with van der Waals surface area (Å²) in [4.78, 5) is 7.77. The minimum atomic E-state index is -4.17. The van der Waals surface area contributed by atoms with Crippen LogP contribution in [0.5, 0.6) is 5.88 Å². The molecule has 0 spiro atoms. The number of ether oxygens (including phenoxy) is 2. The lowest BCUT2D eigenvalue weighted by Crippen LogP contribution is -2.32. The molecule has 8 nitrogen and oxygen atoms in total. The van der Waals surface area contributed by atoms with E-state index in [0.717, 1.165) is 17.6 Å². The first-order valence-corrected chi connectivity index (χ1v) is 11.5. The number of nitrogens with zero attached hydrogens (tertiary/aromatic N) is 2. The van der Waals surface area contributed by atoms with E-state index in [-0.39, 0.29) is 27.4 Å². The van der Waals surface area contributed by atoms with E-state index in [9.17, 15) is 13.5 Å². The van der Waals surface area contributed by atoms with E-state index in [4.69, 9.17) is 21.1 Å². The quantitative estimate of drug-likeness (QED) is 0.271. The molecule has 170 valence electrons. The van der Waals surface area contributed by atoms with Gasteiger partial charge in [-0.15, -0.1) is 0 Å². The summed E-state index contributed by atoms with van der Waals surface area (Å²) in [6.45, 7) is 7.52. The van der Waals surface area contributed by atoms with Crippen molar-refractivity contribution in [2.75, 3.05) is 14.2 Å². The Kier molecular flexibility index (Phi) is 8.41. The third kappa shape index (κ3) is 5.94. The van der Waals surface area contributed by atoms with Crippen LogP contribution in [0.4, 0.5) is 0 Å². The van der Waals surface area contributed by atoms with Crippen LogP contribution in [0.3, 0.4) is 0 Å².